The fourth-order valence-corrected chi connectivity index (χ4v) is 2.34. The van der Waals surface area contributed by atoms with Gasteiger partial charge in [0.15, 0.2) is 0 Å². The van der Waals surface area contributed by atoms with Crippen LogP contribution in [0.1, 0.15) is 15.9 Å². The monoisotopic (exact) mass is 376 g/mol. The highest BCUT2D eigenvalue weighted by Crippen LogP contribution is 2.20. The van der Waals surface area contributed by atoms with Crippen molar-refractivity contribution >= 4 is 39.4 Å². The lowest BCUT2D eigenvalue weighted by Crippen LogP contribution is -2.05. The fourth-order valence-electron chi connectivity index (χ4n) is 1.51. The van der Waals surface area contributed by atoms with E-state index in [-0.39, 0.29) is 6.61 Å². The quantitative estimate of drug-likeness (QED) is 0.609. The van der Waals surface area contributed by atoms with Crippen molar-refractivity contribution in [1.82, 2.24) is 9.78 Å². The zero-order valence-electron chi connectivity index (χ0n) is 9.56. The number of halogens is 2. The van der Waals surface area contributed by atoms with Crippen LogP contribution in [0.25, 0.3) is 0 Å². The van der Waals surface area contributed by atoms with Gasteiger partial charge in [0.05, 0.1) is 0 Å². The maximum Gasteiger partial charge on any atom is 0.252 e. The third-order valence-electron chi connectivity index (χ3n) is 2.38. The SMILES string of the molecule is Cn1ccc(OCc2c(I)cccc2C(=O)Cl)n1. The summed E-state index contributed by atoms with van der Waals surface area (Å²) in [7, 11) is 1.81. The number of rotatable bonds is 4. The largest absolute Gasteiger partial charge is 0.472 e. The van der Waals surface area contributed by atoms with E-state index in [9.17, 15) is 4.79 Å². The predicted octanol–water partition coefficient (Wildman–Crippen LogP) is 2.98. The molecule has 0 amide bonds. The average Bonchev–Trinajstić information content (AvgIpc) is 2.73. The number of carbonyl (C=O) groups is 1. The fraction of sp³-hybridized carbons (Fsp3) is 0.167. The minimum atomic E-state index is -0.479. The maximum absolute atomic E-state index is 11.3. The summed E-state index contributed by atoms with van der Waals surface area (Å²) >= 11 is 7.70. The van der Waals surface area contributed by atoms with Gasteiger partial charge in [-0.25, -0.2) is 0 Å². The molecule has 0 spiro atoms. The molecule has 0 N–H and O–H groups in total. The molecule has 0 saturated carbocycles. The van der Waals surface area contributed by atoms with Crippen molar-refractivity contribution in [3.05, 3.63) is 45.2 Å². The number of benzene rings is 1. The molecule has 2 rings (SSSR count). The molecule has 0 bridgehead atoms. The first-order valence-corrected chi connectivity index (χ1v) is 6.63. The van der Waals surface area contributed by atoms with Crippen LogP contribution in [-0.4, -0.2) is 15.0 Å². The normalized spacial score (nSPS) is 10.4. The zero-order valence-corrected chi connectivity index (χ0v) is 12.5. The minimum absolute atomic E-state index is 0.268. The van der Waals surface area contributed by atoms with Gasteiger partial charge in [0.2, 0.25) is 5.88 Å². The molecule has 4 nitrogen and oxygen atoms in total. The van der Waals surface area contributed by atoms with Crippen molar-refractivity contribution in [3.63, 3.8) is 0 Å². The number of nitrogens with zero attached hydrogens (tertiary/aromatic N) is 2. The molecule has 94 valence electrons. The summed E-state index contributed by atoms with van der Waals surface area (Å²) in [5.41, 5.74) is 1.25. The van der Waals surface area contributed by atoms with Crippen LogP contribution in [0.3, 0.4) is 0 Å². The first-order valence-electron chi connectivity index (χ1n) is 5.17. The van der Waals surface area contributed by atoms with E-state index in [1.807, 2.05) is 13.1 Å². The van der Waals surface area contributed by atoms with Gasteiger partial charge in [0, 0.05) is 34.0 Å². The van der Waals surface area contributed by atoms with Crippen molar-refractivity contribution in [3.8, 4) is 5.88 Å². The number of aromatic nitrogens is 2. The minimum Gasteiger partial charge on any atom is -0.472 e. The summed E-state index contributed by atoms with van der Waals surface area (Å²) in [6.07, 6.45) is 1.79. The molecule has 0 unspecified atom stereocenters. The lowest BCUT2D eigenvalue weighted by molar-refractivity contribution is 0.107. The second kappa shape index (κ2) is 5.71. The highest BCUT2D eigenvalue weighted by Gasteiger charge is 2.12. The van der Waals surface area contributed by atoms with Crippen LogP contribution < -0.4 is 4.74 Å². The van der Waals surface area contributed by atoms with Crippen molar-refractivity contribution in [2.75, 3.05) is 0 Å². The smallest absolute Gasteiger partial charge is 0.252 e. The molecule has 2 aromatic rings. The van der Waals surface area contributed by atoms with Crippen LogP contribution in [0.15, 0.2) is 30.5 Å². The molecule has 0 saturated heterocycles. The van der Waals surface area contributed by atoms with E-state index in [0.717, 1.165) is 9.13 Å². The van der Waals surface area contributed by atoms with E-state index in [2.05, 4.69) is 27.7 Å². The topological polar surface area (TPSA) is 44.1 Å². The first-order chi connectivity index (χ1) is 8.58. The Labute approximate surface area is 123 Å². The van der Waals surface area contributed by atoms with E-state index < -0.39 is 5.24 Å². The third kappa shape index (κ3) is 3.02. The summed E-state index contributed by atoms with van der Waals surface area (Å²) in [6, 6.07) is 7.15. The molecule has 0 fully saturated rings. The Balaban J connectivity index is 2.20. The second-order valence-corrected chi connectivity index (χ2v) is 5.16. The molecule has 6 heteroatoms. The summed E-state index contributed by atoms with van der Waals surface area (Å²) in [4.78, 5) is 11.3. The number of carbonyl (C=O) groups excluding carboxylic acids is 1. The van der Waals surface area contributed by atoms with Crippen molar-refractivity contribution in [2.45, 2.75) is 6.61 Å². The van der Waals surface area contributed by atoms with Gasteiger partial charge in [-0.3, -0.25) is 9.48 Å². The van der Waals surface area contributed by atoms with E-state index in [1.54, 1.807) is 29.1 Å². The Morgan fingerprint density at radius 3 is 2.89 bits per heavy atom. The molecule has 0 aliphatic heterocycles. The molecule has 0 atom stereocenters. The average molecular weight is 377 g/mol. The molecule has 1 aromatic carbocycles. The standard InChI is InChI=1S/C12H10ClIN2O2/c1-16-6-5-11(15-16)18-7-9-8(12(13)17)3-2-4-10(9)14/h2-6H,7H2,1H3. The number of hydrogen-bond donors (Lipinski definition) is 0. The van der Waals surface area contributed by atoms with Gasteiger partial charge >= 0.3 is 0 Å². The number of ether oxygens (including phenoxy) is 1. The highest BCUT2D eigenvalue weighted by atomic mass is 127. The van der Waals surface area contributed by atoms with Crippen molar-refractivity contribution in [1.29, 1.82) is 0 Å². The van der Waals surface area contributed by atoms with Crippen LogP contribution in [0, 0.1) is 3.57 Å². The Kier molecular flexibility index (Phi) is 4.23. The lowest BCUT2D eigenvalue weighted by atomic mass is 10.1. The second-order valence-electron chi connectivity index (χ2n) is 3.66. The van der Waals surface area contributed by atoms with E-state index >= 15 is 0 Å². The molecule has 0 aliphatic carbocycles. The van der Waals surface area contributed by atoms with Crippen LogP contribution in [0.4, 0.5) is 0 Å². The van der Waals surface area contributed by atoms with Gasteiger partial charge in [0.25, 0.3) is 5.24 Å². The van der Waals surface area contributed by atoms with Crippen LogP contribution in [-0.2, 0) is 13.7 Å². The Bertz CT molecular complexity index is 583. The summed E-state index contributed by atoms with van der Waals surface area (Å²) in [5, 5.41) is 3.63. The number of hydrogen-bond acceptors (Lipinski definition) is 3. The highest BCUT2D eigenvalue weighted by molar-refractivity contribution is 14.1. The Hall–Kier alpha value is -1.08. The van der Waals surface area contributed by atoms with Crippen molar-refractivity contribution < 1.29 is 9.53 Å². The van der Waals surface area contributed by atoms with E-state index in [0.29, 0.717) is 11.4 Å². The van der Waals surface area contributed by atoms with Gasteiger partial charge in [-0.1, -0.05) is 6.07 Å². The van der Waals surface area contributed by atoms with Gasteiger partial charge in [-0.05, 0) is 46.3 Å². The van der Waals surface area contributed by atoms with Gasteiger partial charge in [-0.15, -0.1) is 5.10 Å². The lowest BCUT2D eigenvalue weighted by Gasteiger charge is -2.09. The predicted molar refractivity (Wildman–Crippen MR) is 76.9 cm³/mol. The van der Waals surface area contributed by atoms with Gasteiger partial charge in [0.1, 0.15) is 6.61 Å². The summed E-state index contributed by atoms with van der Waals surface area (Å²) in [5.74, 6) is 0.519. The molecule has 1 aromatic heterocycles. The van der Waals surface area contributed by atoms with E-state index in [4.69, 9.17) is 16.3 Å². The van der Waals surface area contributed by atoms with Gasteiger partial charge in [-0.2, -0.15) is 0 Å². The van der Waals surface area contributed by atoms with Crippen LogP contribution in [0.2, 0.25) is 0 Å². The molecular formula is C12H10ClIN2O2. The first kappa shape index (κ1) is 13.4. The number of aryl methyl sites for hydroxylation is 1. The molecular weight excluding hydrogens is 367 g/mol. The van der Waals surface area contributed by atoms with Crippen LogP contribution >= 0.6 is 34.2 Å². The maximum atomic E-state index is 11.3. The Morgan fingerprint density at radius 1 is 1.50 bits per heavy atom. The van der Waals surface area contributed by atoms with Crippen molar-refractivity contribution in [2.24, 2.45) is 7.05 Å². The van der Waals surface area contributed by atoms with Gasteiger partial charge < -0.3 is 4.74 Å². The molecule has 0 aliphatic rings. The third-order valence-corrected chi connectivity index (χ3v) is 3.60. The molecule has 0 radical (unpaired) electrons. The Morgan fingerprint density at radius 2 is 2.28 bits per heavy atom. The molecule has 1 heterocycles. The van der Waals surface area contributed by atoms with E-state index in [1.165, 1.54) is 0 Å². The zero-order chi connectivity index (χ0) is 13.1. The molecule has 18 heavy (non-hydrogen) atoms. The summed E-state index contributed by atoms with van der Waals surface area (Å²) < 4.78 is 8.13. The van der Waals surface area contributed by atoms with Crippen LogP contribution in [0.5, 0.6) is 5.88 Å². The summed E-state index contributed by atoms with van der Waals surface area (Å²) in [6.45, 7) is 0.268.